The number of aliphatic carboxylic acids is 1. The number of carbonyl (C=O) groups excluding carboxylic acids is 3. The first-order chi connectivity index (χ1) is 21.0. The van der Waals surface area contributed by atoms with Crippen LogP contribution >= 0.6 is 0 Å². The summed E-state index contributed by atoms with van der Waals surface area (Å²) in [6, 6.07) is 16.2. The number of methoxy groups -OCH3 is 2. The van der Waals surface area contributed by atoms with Crippen molar-refractivity contribution in [2.75, 3.05) is 36.8 Å². The van der Waals surface area contributed by atoms with Gasteiger partial charge in [-0.15, -0.1) is 0 Å². The van der Waals surface area contributed by atoms with Crippen molar-refractivity contribution in [3.8, 4) is 11.5 Å². The summed E-state index contributed by atoms with van der Waals surface area (Å²) in [5.74, 6) is -1.44. The van der Waals surface area contributed by atoms with Crippen LogP contribution in [0.3, 0.4) is 0 Å². The number of urea groups is 1. The van der Waals surface area contributed by atoms with Crippen LogP contribution < -0.4 is 36.1 Å². The molecule has 44 heavy (non-hydrogen) atoms. The lowest BCUT2D eigenvalue weighted by Crippen LogP contribution is -2.45. The van der Waals surface area contributed by atoms with Gasteiger partial charge in [0, 0.05) is 24.1 Å². The summed E-state index contributed by atoms with van der Waals surface area (Å²) < 4.78 is 10.5. The SMILES string of the molecule is CC.COc1ccc(C(CC(=O)O)NC(=O)C(N)CC(=O)N(C)c2ccc(NC(=O)Nc3ccccc3C)cc2)cc1OC. The Kier molecular flexibility index (Phi) is 13.7. The fourth-order valence-corrected chi connectivity index (χ4v) is 4.10. The third-order valence-corrected chi connectivity index (χ3v) is 6.52. The van der Waals surface area contributed by atoms with E-state index in [1.807, 2.05) is 39.0 Å². The lowest BCUT2D eigenvalue weighted by atomic mass is 10.0. The van der Waals surface area contributed by atoms with E-state index in [9.17, 15) is 24.3 Å². The molecule has 0 fully saturated rings. The van der Waals surface area contributed by atoms with E-state index in [0.29, 0.717) is 34.1 Å². The van der Waals surface area contributed by atoms with E-state index in [4.69, 9.17) is 15.2 Å². The van der Waals surface area contributed by atoms with Crippen molar-refractivity contribution >= 4 is 40.9 Å². The Morgan fingerprint density at radius 2 is 1.52 bits per heavy atom. The van der Waals surface area contributed by atoms with Gasteiger partial charge in [-0.1, -0.05) is 38.1 Å². The molecule has 0 heterocycles. The second-order valence-corrected chi connectivity index (χ2v) is 9.48. The molecule has 4 amide bonds. The Labute approximate surface area is 257 Å². The highest BCUT2D eigenvalue weighted by molar-refractivity contribution is 6.01. The molecule has 3 rings (SSSR count). The lowest BCUT2D eigenvalue weighted by Gasteiger charge is -2.23. The molecule has 12 nitrogen and oxygen atoms in total. The number of hydrogen-bond donors (Lipinski definition) is 5. The van der Waals surface area contributed by atoms with Gasteiger partial charge in [0.05, 0.1) is 39.1 Å². The van der Waals surface area contributed by atoms with Crippen LogP contribution in [0, 0.1) is 6.92 Å². The zero-order valence-electron chi connectivity index (χ0n) is 25.8. The Hall–Kier alpha value is -5.10. The molecule has 12 heteroatoms. The molecule has 6 N–H and O–H groups in total. The maximum atomic E-state index is 12.9. The third-order valence-electron chi connectivity index (χ3n) is 6.52. The molecule has 0 saturated carbocycles. The molecule has 2 unspecified atom stereocenters. The number of anilines is 3. The Bertz CT molecular complexity index is 1430. The zero-order valence-corrected chi connectivity index (χ0v) is 25.8. The minimum Gasteiger partial charge on any atom is -0.493 e. The molecule has 0 bridgehead atoms. The molecule has 0 radical (unpaired) electrons. The normalized spacial score (nSPS) is 11.5. The number of benzene rings is 3. The van der Waals surface area contributed by atoms with Crippen molar-refractivity contribution in [3.05, 3.63) is 77.9 Å². The van der Waals surface area contributed by atoms with Crippen LogP contribution in [0.2, 0.25) is 0 Å². The summed E-state index contributed by atoms with van der Waals surface area (Å²) in [7, 11) is 4.45. The number of nitrogens with zero attached hydrogens (tertiary/aromatic N) is 1. The summed E-state index contributed by atoms with van der Waals surface area (Å²) in [6.45, 7) is 5.89. The van der Waals surface area contributed by atoms with Crippen LogP contribution in [0.1, 0.15) is 43.9 Å². The van der Waals surface area contributed by atoms with Gasteiger partial charge in [0.25, 0.3) is 0 Å². The fraction of sp³-hybridized carbons (Fsp3) is 0.312. The number of aryl methyl sites for hydroxylation is 1. The van der Waals surface area contributed by atoms with E-state index in [-0.39, 0.29) is 6.42 Å². The van der Waals surface area contributed by atoms with E-state index >= 15 is 0 Å². The molecule has 0 spiro atoms. The van der Waals surface area contributed by atoms with Gasteiger partial charge in [0.2, 0.25) is 11.8 Å². The van der Waals surface area contributed by atoms with Crippen molar-refractivity contribution in [1.29, 1.82) is 0 Å². The molecular weight excluding hydrogens is 566 g/mol. The first-order valence-electron chi connectivity index (χ1n) is 14.0. The number of carbonyl (C=O) groups is 4. The van der Waals surface area contributed by atoms with E-state index in [1.54, 1.807) is 48.5 Å². The largest absolute Gasteiger partial charge is 0.493 e. The first-order valence-corrected chi connectivity index (χ1v) is 14.0. The van der Waals surface area contributed by atoms with Crippen molar-refractivity contribution in [2.45, 2.75) is 45.7 Å². The average molecular weight is 608 g/mol. The second-order valence-electron chi connectivity index (χ2n) is 9.48. The Balaban J connectivity index is 0.00000330. The van der Waals surface area contributed by atoms with Crippen molar-refractivity contribution < 1.29 is 33.8 Å². The van der Waals surface area contributed by atoms with Gasteiger partial charge in [0.1, 0.15) is 0 Å². The number of ether oxygens (including phenoxy) is 2. The molecule has 236 valence electrons. The molecule has 2 atom stereocenters. The first kappa shape index (κ1) is 35.1. The molecule has 0 aliphatic heterocycles. The zero-order chi connectivity index (χ0) is 32.8. The number of rotatable bonds is 12. The summed E-state index contributed by atoms with van der Waals surface area (Å²) in [6.07, 6.45) is -0.738. The minimum absolute atomic E-state index is 0.326. The number of nitrogens with two attached hydrogens (primary N) is 1. The standard InChI is InChI=1S/C30H35N5O7.C2H6/c1-18-7-5-6-8-23(18)34-30(40)32-20-10-12-21(13-11-20)35(2)27(36)16-22(31)29(39)33-24(17-28(37)38)19-9-14-25(41-3)26(15-19)42-4;1-2/h5-15,22,24H,16-17,31H2,1-4H3,(H,33,39)(H,37,38)(H2,32,34,40);1-2H3. The van der Waals surface area contributed by atoms with Gasteiger partial charge in [0.15, 0.2) is 11.5 Å². The van der Waals surface area contributed by atoms with Crippen molar-refractivity contribution in [3.63, 3.8) is 0 Å². The number of para-hydroxylation sites is 1. The second kappa shape index (κ2) is 17.1. The van der Waals surface area contributed by atoms with Crippen LogP contribution in [0.5, 0.6) is 11.5 Å². The van der Waals surface area contributed by atoms with Gasteiger partial charge in [-0.2, -0.15) is 0 Å². The van der Waals surface area contributed by atoms with Gasteiger partial charge in [-0.25, -0.2) is 4.79 Å². The molecule has 0 saturated heterocycles. The topological polar surface area (TPSA) is 172 Å². The van der Waals surface area contributed by atoms with Crippen LogP contribution in [0.4, 0.5) is 21.9 Å². The van der Waals surface area contributed by atoms with Crippen LogP contribution in [0.15, 0.2) is 66.7 Å². The van der Waals surface area contributed by atoms with Gasteiger partial charge in [-0.05, 0) is 60.5 Å². The van der Waals surface area contributed by atoms with Gasteiger partial charge < -0.3 is 41.2 Å². The highest BCUT2D eigenvalue weighted by Gasteiger charge is 2.25. The monoisotopic (exact) mass is 607 g/mol. The predicted octanol–water partition coefficient (Wildman–Crippen LogP) is 4.69. The van der Waals surface area contributed by atoms with Crippen LogP contribution in [-0.4, -0.2) is 56.2 Å². The molecule has 3 aromatic rings. The smallest absolute Gasteiger partial charge is 0.323 e. The maximum Gasteiger partial charge on any atom is 0.323 e. The predicted molar refractivity (Wildman–Crippen MR) is 170 cm³/mol. The van der Waals surface area contributed by atoms with E-state index in [0.717, 1.165) is 5.56 Å². The molecule has 0 aliphatic rings. The highest BCUT2D eigenvalue weighted by Crippen LogP contribution is 2.31. The number of nitrogens with one attached hydrogen (secondary N) is 3. The number of carboxylic acid groups (broad SMARTS) is 1. The van der Waals surface area contributed by atoms with Crippen molar-refractivity contribution in [2.24, 2.45) is 5.73 Å². The van der Waals surface area contributed by atoms with E-state index in [1.165, 1.54) is 26.2 Å². The van der Waals surface area contributed by atoms with E-state index in [2.05, 4.69) is 16.0 Å². The third kappa shape index (κ3) is 10.0. The van der Waals surface area contributed by atoms with Gasteiger partial charge >= 0.3 is 12.0 Å². The summed E-state index contributed by atoms with van der Waals surface area (Å²) in [4.78, 5) is 51.0. The highest BCUT2D eigenvalue weighted by atomic mass is 16.5. The average Bonchev–Trinajstić information content (AvgIpc) is 3.02. The van der Waals surface area contributed by atoms with E-state index < -0.39 is 42.3 Å². The molecule has 3 aromatic carbocycles. The molecule has 0 aliphatic carbocycles. The molecule has 0 aromatic heterocycles. The molecular formula is C32H41N5O7. The number of amides is 4. The van der Waals surface area contributed by atoms with Gasteiger partial charge in [-0.3, -0.25) is 14.4 Å². The summed E-state index contributed by atoms with van der Waals surface area (Å²) >= 11 is 0. The fourth-order valence-electron chi connectivity index (χ4n) is 4.10. The Morgan fingerprint density at radius 3 is 2.11 bits per heavy atom. The minimum atomic E-state index is -1.23. The number of hydrogen-bond acceptors (Lipinski definition) is 7. The maximum absolute atomic E-state index is 12.9. The summed E-state index contributed by atoms with van der Waals surface area (Å²) in [5.41, 5.74) is 9.16. The Morgan fingerprint density at radius 1 is 0.886 bits per heavy atom. The van der Waals surface area contributed by atoms with Crippen LogP contribution in [-0.2, 0) is 14.4 Å². The summed E-state index contributed by atoms with van der Waals surface area (Å²) in [5, 5.41) is 17.5. The van der Waals surface area contributed by atoms with Crippen LogP contribution in [0.25, 0.3) is 0 Å². The van der Waals surface area contributed by atoms with Crippen molar-refractivity contribution in [1.82, 2.24) is 5.32 Å². The number of carboxylic acids is 1. The lowest BCUT2D eigenvalue weighted by molar-refractivity contribution is -0.138. The quantitative estimate of drug-likeness (QED) is 0.197.